The minimum absolute atomic E-state index is 0. The summed E-state index contributed by atoms with van der Waals surface area (Å²) in [5, 5.41) is 0. The molecule has 0 amide bonds. The number of nitrogen functional groups attached to an aromatic ring is 1. The third-order valence-electron chi connectivity index (χ3n) is 2.33. The third-order valence-corrected chi connectivity index (χ3v) is 2.33. The maximum absolute atomic E-state index is 5.83. The lowest BCUT2D eigenvalue weighted by Gasteiger charge is -1.85. The maximum Gasteiger partial charge on any atom is 0.309 e. The highest BCUT2D eigenvalue weighted by molar-refractivity contribution is 5.34. The largest absolute Gasteiger partial charge is 1.00 e. The molecule has 0 aliphatic rings. The normalized spacial score (nSPS) is 10.0. The molecule has 4 heteroatoms. The molecule has 0 aliphatic heterocycles. The Morgan fingerprint density at radius 3 is 2.62 bits per heavy atom. The molecule has 0 fully saturated rings. The van der Waals surface area contributed by atoms with E-state index in [1.54, 1.807) is 4.68 Å². The Labute approximate surface area is 87.5 Å². The predicted molar refractivity (Wildman–Crippen MR) is 47.2 cm³/mol. The number of rotatable bonds is 0. The fraction of sp³-hybridized carbons (Fsp3) is 0.222. The minimum Gasteiger partial charge on any atom is -1.00 e. The molecule has 70 valence electrons. The first-order valence-corrected chi connectivity index (χ1v) is 3.95. The second-order valence-corrected chi connectivity index (χ2v) is 2.97. The molecule has 3 nitrogen and oxygen atoms in total. The van der Waals surface area contributed by atoms with Gasteiger partial charge in [-0.2, -0.15) is 4.40 Å². The van der Waals surface area contributed by atoms with Gasteiger partial charge in [-0.15, -0.1) is 4.68 Å². The summed E-state index contributed by atoms with van der Waals surface area (Å²) in [6, 6.07) is 5.98. The highest BCUT2D eigenvalue weighted by Crippen LogP contribution is 2.04. The van der Waals surface area contributed by atoms with Crippen molar-refractivity contribution in [1.29, 1.82) is 0 Å². The molecule has 13 heavy (non-hydrogen) atoms. The number of pyridine rings is 1. The Bertz CT molecular complexity index is 395. The summed E-state index contributed by atoms with van der Waals surface area (Å²) in [6.45, 7) is 4.08. The minimum atomic E-state index is 0. The van der Waals surface area contributed by atoms with Gasteiger partial charge in [0.05, 0.1) is 6.20 Å². The van der Waals surface area contributed by atoms with Crippen molar-refractivity contribution in [2.45, 2.75) is 13.8 Å². The molecule has 0 aromatic carbocycles. The van der Waals surface area contributed by atoms with Gasteiger partial charge in [-0.05, 0) is 6.07 Å². The first-order valence-electron chi connectivity index (χ1n) is 3.95. The quantitative estimate of drug-likeness (QED) is 0.404. The molecule has 2 heterocycles. The Morgan fingerprint density at radius 2 is 2.00 bits per heavy atom. The molecule has 0 aliphatic carbocycles. The lowest BCUT2D eigenvalue weighted by Crippen LogP contribution is -3.00. The van der Waals surface area contributed by atoms with Gasteiger partial charge in [-0.25, -0.2) is 0 Å². The lowest BCUT2D eigenvalue weighted by atomic mass is 10.4. The van der Waals surface area contributed by atoms with Crippen molar-refractivity contribution >= 4 is 5.65 Å². The van der Waals surface area contributed by atoms with Crippen molar-refractivity contribution in [3.63, 3.8) is 0 Å². The maximum atomic E-state index is 5.83. The Morgan fingerprint density at radius 1 is 1.31 bits per heavy atom. The van der Waals surface area contributed by atoms with Crippen LogP contribution in [0.1, 0.15) is 11.4 Å². The van der Waals surface area contributed by atoms with Crippen LogP contribution in [0.4, 0.5) is 0 Å². The van der Waals surface area contributed by atoms with Crippen LogP contribution >= 0.6 is 0 Å². The van der Waals surface area contributed by atoms with Crippen molar-refractivity contribution in [3.05, 3.63) is 35.8 Å². The van der Waals surface area contributed by atoms with E-state index in [0.717, 1.165) is 11.3 Å². The van der Waals surface area contributed by atoms with E-state index in [-0.39, 0.29) is 17.0 Å². The topological polar surface area (TPSA) is 35.0 Å². The summed E-state index contributed by atoms with van der Waals surface area (Å²) in [6.07, 6.45) is 2.01. The summed E-state index contributed by atoms with van der Waals surface area (Å²) in [5.41, 5.74) is 3.31. The van der Waals surface area contributed by atoms with Gasteiger partial charge >= 0.3 is 5.65 Å². The molecule has 0 saturated carbocycles. The summed E-state index contributed by atoms with van der Waals surface area (Å²) in [4.78, 5) is 0. The van der Waals surface area contributed by atoms with Gasteiger partial charge in [0.15, 0.2) is 11.4 Å². The SMILES string of the molecule is Cc1c(C)[n+]2ccccc2n1N.[Br-]. The summed E-state index contributed by atoms with van der Waals surface area (Å²) in [5.74, 6) is 5.83. The van der Waals surface area contributed by atoms with E-state index in [1.807, 2.05) is 31.3 Å². The molecule has 2 rings (SSSR count). The van der Waals surface area contributed by atoms with E-state index in [4.69, 9.17) is 5.84 Å². The average Bonchev–Trinajstić information content (AvgIpc) is 2.33. The zero-order valence-electron chi connectivity index (χ0n) is 7.66. The van der Waals surface area contributed by atoms with Crippen LogP contribution in [-0.4, -0.2) is 4.68 Å². The Kier molecular flexibility index (Phi) is 2.61. The number of aryl methyl sites for hydroxylation is 1. The average molecular weight is 242 g/mol. The molecule has 0 bridgehead atoms. The van der Waals surface area contributed by atoms with E-state index < -0.39 is 0 Å². The Hall–Kier alpha value is -1.03. The number of fused-ring (bicyclic) bond motifs is 1. The van der Waals surface area contributed by atoms with Gasteiger partial charge in [-0.1, -0.05) is 6.07 Å². The second-order valence-electron chi connectivity index (χ2n) is 2.97. The van der Waals surface area contributed by atoms with Crippen LogP contribution in [0, 0.1) is 13.8 Å². The molecule has 2 aromatic rings. The first-order chi connectivity index (χ1) is 5.72. The lowest BCUT2D eigenvalue weighted by molar-refractivity contribution is -0.518. The number of halogens is 1. The van der Waals surface area contributed by atoms with E-state index in [1.165, 1.54) is 5.69 Å². The van der Waals surface area contributed by atoms with Gasteiger partial charge in [-0.3, -0.25) is 5.84 Å². The molecular weight excluding hydrogens is 230 g/mol. The molecule has 2 N–H and O–H groups in total. The third kappa shape index (κ3) is 1.31. The molecule has 0 unspecified atom stereocenters. The Balaban J connectivity index is 0.000000845. The molecule has 0 spiro atoms. The number of imidazole rings is 1. The fourth-order valence-corrected chi connectivity index (χ4v) is 1.43. The summed E-state index contributed by atoms with van der Waals surface area (Å²) < 4.78 is 3.78. The van der Waals surface area contributed by atoms with Crippen LogP contribution in [0.15, 0.2) is 24.4 Å². The molecular formula is C9H12BrN3. The van der Waals surface area contributed by atoms with E-state index in [9.17, 15) is 0 Å². The predicted octanol–water partition coefficient (Wildman–Crippen LogP) is -2.44. The number of hydrogen-bond acceptors (Lipinski definition) is 1. The van der Waals surface area contributed by atoms with Crippen LogP contribution < -0.4 is 27.2 Å². The molecule has 0 saturated heterocycles. The van der Waals surface area contributed by atoms with E-state index in [0.29, 0.717) is 0 Å². The van der Waals surface area contributed by atoms with Gasteiger partial charge < -0.3 is 17.0 Å². The molecule has 0 radical (unpaired) electrons. The molecule has 0 atom stereocenters. The number of nitrogens with two attached hydrogens (primary N) is 1. The first kappa shape index (κ1) is 10.1. The van der Waals surface area contributed by atoms with Crippen LogP contribution in [0.2, 0.25) is 0 Å². The van der Waals surface area contributed by atoms with Gasteiger partial charge in [0, 0.05) is 19.9 Å². The second kappa shape index (κ2) is 3.38. The van der Waals surface area contributed by atoms with Crippen molar-refractivity contribution in [3.8, 4) is 0 Å². The summed E-state index contributed by atoms with van der Waals surface area (Å²) >= 11 is 0. The van der Waals surface area contributed by atoms with Crippen LogP contribution in [-0.2, 0) is 0 Å². The van der Waals surface area contributed by atoms with Crippen LogP contribution in [0.5, 0.6) is 0 Å². The van der Waals surface area contributed by atoms with Gasteiger partial charge in [0.1, 0.15) is 0 Å². The van der Waals surface area contributed by atoms with Crippen molar-refractivity contribution in [2.75, 3.05) is 5.84 Å². The number of hydrogen-bond donors (Lipinski definition) is 1. The van der Waals surface area contributed by atoms with Crippen molar-refractivity contribution < 1.29 is 21.4 Å². The number of nitrogens with zero attached hydrogens (tertiary/aromatic N) is 2. The highest BCUT2D eigenvalue weighted by atomic mass is 79.9. The standard InChI is InChI=1S/C9H12N3.BrH/c1-7-8(2)12(10)9-5-3-4-6-11(7)9;/h3-6H,10H2,1-2H3;1H/q+1;/p-1. The fourth-order valence-electron chi connectivity index (χ4n) is 1.43. The number of aromatic nitrogens is 2. The van der Waals surface area contributed by atoms with Gasteiger partial charge in [0.2, 0.25) is 0 Å². The van der Waals surface area contributed by atoms with E-state index >= 15 is 0 Å². The zero-order valence-corrected chi connectivity index (χ0v) is 9.25. The van der Waals surface area contributed by atoms with Gasteiger partial charge in [0.25, 0.3) is 0 Å². The smallest absolute Gasteiger partial charge is 0.309 e. The molecule has 2 aromatic heterocycles. The monoisotopic (exact) mass is 241 g/mol. The van der Waals surface area contributed by atoms with Crippen LogP contribution in [0.25, 0.3) is 5.65 Å². The zero-order chi connectivity index (χ0) is 8.72. The van der Waals surface area contributed by atoms with Crippen LogP contribution in [0.3, 0.4) is 0 Å². The summed E-state index contributed by atoms with van der Waals surface area (Å²) in [7, 11) is 0. The van der Waals surface area contributed by atoms with Crippen molar-refractivity contribution in [1.82, 2.24) is 4.68 Å². The van der Waals surface area contributed by atoms with Crippen molar-refractivity contribution in [2.24, 2.45) is 0 Å². The highest BCUT2D eigenvalue weighted by Gasteiger charge is 2.15. The van der Waals surface area contributed by atoms with E-state index in [2.05, 4.69) is 11.3 Å².